The smallest absolute Gasteiger partial charge is 0.0724 e. The molecular formula is C9H11N5. The number of H-pyrrole nitrogens is 1. The van der Waals surface area contributed by atoms with E-state index in [1.807, 2.05) is 6.20 Å². The molecule has 2 N–H and O–H groups in total. The highest BCUT2D eigenvalue weighted by Crippen LogP contribution is 1.94. The van der Waals surface area contributed by atoms with E-state index < -0.39 is 0 Å². The fraction of sp³-hybridized carbons (Fsp3) is 0.222. The zero-order valence-corrected chi connectivity index (χ0v) is 7.64. The molecule has 0 aliphatic rings. The third kappa shape index (κ3) is 2.37. The predicted octanol–water partition coefficient (Wildman–Crippen LogP) is 0.489. The molecule has 0 fully saturated rings. The molecule has 0 saturated heterocycles. The van der Waals surface area contributed by atoms with Crippen molar-refractivity contribution in [3.05, 3.63) is 42.2 Å². The largest absolute Gasteiger partial charge is 0.307 e. The molecule has 0 amide bonds. The molecule has 5 heteroatoms. The molecule has 0 saturated carbocycles. The van der Waals surface area contributed by atoms with Crippen LogP contribution in [0, 0.1) is 0 Å². The molecule has 0 unspecified atom stereocenters. The lowest BCUT2D eigenvalue weighted by Gasteiger charge is -2.00. The number of nitrogens with zero attached hydrogens (tertiary/aromatic N) is 3. The normalized spacial score (nSPS) is 10.3. The van der Waals surface area contributed by atoms with Crippen molar-refractivity contribution in [1.82, 2.24) is 25.5 Å². The Morgan fingerprint density at radius 1 is 1.21 bits per heavy atom. The van der Waals surface area contributed by atoms with Gasteiger partial charge >= 0.3 is 0 Å². The van der Waals surface area contributed by atoms with Gasteiger partial charge in [-0.3, -0.25) is 15.1 Å². The van der Waals surface area contributed by atoms with Gasteiger partial charge in [0.25, 0.3) is 0 Å². The third-order valence-corrected chi connectivity index (χ3v) is 1.81. The monoisotopic (exact) mass is 189 g/mol. The number of aromatic amines is 1. The lowest BCUT2D eigenvalue weighted by molar-refractivity contribution is 0.677. The highest BCUT2D eigenvalue weighted by atomic mass is 15.1. The Balaban J connectivity index is 1.79. The average molecular weight is 189 g/mol. The number of rotatable bonds is 4. The lowest BCUT2D eigenvalue weighted by atomic mass is 10.3. The molecule has 0 bridgehead atoms. The van der Waals surface area contributed by atoms with E-state index >= 15 is 0 Å². The summed E-state index contributed by atoms with van der Waals surface area (Å²) >= 11 is 0. The van der Waals surface area contributed by atoms with Gasteiger partial charge in [0.15, 0.2) is 0 Å². The lowest BCUT2D eigenvalue weighted by Crippen LogP contribution is -2.13. The van der Waals surface area contributed by atoms with Gasteiger partial charge in [-0.1, -0.05) is 0 Å². The van der Waals surface area contributed by atoms with E-state index in [-0.39, 0.29) is 0 Å². The minimum Gasteiger partial charge on any atom is -0.307 e. The summed E-state index contributed by atoms with van der Waals surface area (Å²) in [6.07, 6.45) is 8.77. The second kappa shape index (κ2) is 4.48. The Morgan fingerprint density at radius 2 is 2.21 bits per heavy atom. The Bertz CT molecular complexity index is 356. The first-order valence-corrected chi connectivity index (χ1v) is 4.38. The van der Waals surface area contributed by atoms with Gasteiger partial charge in [-0.05, 0) is 0 Å². The van der Waals surface area contributed by atoms with Crippen molar-refractivity contribution >= 4 is 0 Å². The molecule has 0 atom stereocenters. The summed E-state index contributed by atoms with van der Waals surface area (Å²) in [4.78, 5) is 8.13. The second-order valence-corrected chi connectivity index (χ2v) is 2.91. The molecule has 2 aromatic rings. The summed E-state index contributed by atoms with van der Waals surface area (Å²) in [5.74, 6) is 0. The van der Waals surface area contributed by atoms with Crippen molar-refractivity contribution in [2.24, 2.45) is 0 Å². The van der Waals surface area contributed by atoms with E-state index in [9.17, 15) is 0 Å². The summed E-state index contributed by atoms with van der Waals surface area (Å²) in [5.41, 5.74) is 2.07. The van der Waals surface area contributed by atoms with Crippen molar-refractivity contribution in [1.29, 1.82) is 0 Å². The van der Waals surface area contributed by atoms with Gasteiger partial charge in [0, 0.05) is 43.4 Å². The Hall–Kier alpha value is -1.75. The highest BCUT2D eigenvalue weighted by molar-refractivity contribution is 5.02. The molecule has 0 aliphatic heterocycles. The summed E-state index contributed by atoms with van der Waals surface area (Å²) in [5, 5.41) is 9.86. The zero-order valence-electron chi connectivity index (χ0n) is 7.64. The van der Waals surface area contributed by atoms with Gasteiger partial charge in [-0.25, -0.2) is 0 Å². The Labute approximate surface area is 81.6 Å². The Kier molecular flexibility index (Phi) is 2.82. The maximum absolute atomic E-state index is 4.15. The van der Waals surface area contributed by atoms with Crippen LogP contribution in [0.5, 0.6) is 0 Å². The van der Waals surface area contributed by atoms with Gasteiger partial charge in [-0.15, -0.1) is 0 Å². The van der Waals surface area contributed by atoms with Gasteiger partial charge < -0.3 is 5.32 Å². The molecule has 0 aromatic carbocycles. The maximum atomic E-state index is 4.15. The number of hydrogen-bond acceptors (Lipinski definition) is 4. The van der Waals surface area contributed by atoms with Crippen LogP contribution in [0.1, 0.15) is 11.3 Å². The average Bonchev–Trinajstić information content (AvgIpc) is 2.72. The van der Waals surface area contributed by atoms with Crippen LogP contribution in [0.4, 0.5) is 0 Å². The maximum Gasteiger partial charge on any atom is 0.0724 e. The van der Waals surface area contributed by atoms with E-state index in [2.05, 4.69) is 25.5 Å². The molecule has 0 radical (unpaired) electrons. The third-order valence-electron chi connectivity index (χ3n) is 1.81. The van der Waals surface area contributed by atoms with E-state index in [1.54, 1.807) is 24.8 Å². The molecule has 5 nitrogen and oxygen atoms in total. The quantitative estimate of drug-likeness (QED) is 0.734. The first kappa shape index (κ1) is 8.83. The van der Waals surface area contributed by atoms with Gasteiger partial charge in [0.2, 0.25) is 0 Å². The van der Waals surface area contributed by atoms with Crippen molar-refractivity contribution in [3.63, 3.8) is 0 Å². The van der Waals surface area contributed by atoms with Crippen LogP contribution in [-0.4, -0.2) is 20.2 Å². The molecule has 0 spiro atoms. The van der Waals surface area contributed by atoms with Crippen LogP contribution in [0.15, 0.2) is 31.0 Å². The summed E-state index contributed by atoms with van der Waals surface area (Å²) in [7, 11) is 0. The van der Waals surface area contributed by atoms with Crippen LogP contribution >= 0.6 is 0 Å². The zero-order chi connectivity index (χ0) is 9.64. The van der Waals surface area contributed by atoms with Crippen LogP contribution in [0.3, 0.4) is 0 Å². The number of aromatic nitrogens is 4. The summed E-state index contributed by atoms with van der Waals surface area (Å²) in [6, 6.07) is 0. The van der Waals surface area contributed by atoms with E-state index in [1.165, 1.54) is 0 Å². The molecule has 0 aliphatic carbocycles. The minimum absolute atomic E-state index is 0.721. The van der Waals surface area contributed by atoms with E-state index in [0.29, 0.717) is 0 Å². The molecule has 14 heavy (non-hydrogen) atoms. The van der Waals surface area contributed by atoms with Crippen molar-refractivity contribution < 1.29 is 0 Å². The molecule has 72 valence electrons. The topological polar surface area (TPSA) is 66.5 Å². The van der Waals surface area contributed by atoms with Crippen LogP contribution in [0.2, 0.25) is 0 Å². The standard InChI is InChI=1S/C9H11N5/c1-2-12-9(6-10-1)7-11-3-8-4-13-14-5-8/h1-2,4-6,11H,3,7H2,(H,13,14). The van der Waals surface area contributed by atoms with Crippen molar-refractivity contribution in [3.8, 4) is 0 Å². The van der Waals surface area contributed by atoms with Gasteiger partial charge in [-0.2, -0.15) is 5.10 Å². The fourth-order valence-electron chi connectivity index (χ4n) is 1.13. The molecule has 2 aromatic heterocycles. The molecular weight excluding hydrogens is 178 g/mol. The van der Waals surface area contributed by atoms with Crippen molar-refractivity contribution in [2.45, 2.75) is 13.1 Å². The second-order valence-electron chi connectivity index (χ2n) is 2.91. The van der Waals surface area contributed by atoms with Gasteiger partial charge in [0.05, 0.1) is 11.9 Å². The van der Waals surface area contributed by atoms with Crippen molar-refractivity contribution in [2.75, 3.05) is 0 Å². The van der Waals surface area contributed by atoms with E-state index in [0.717, 1.165) is 24.3 Å². The summed E-state index contributed by atoms with van der Waals surface area (Å²) < 4.78 is 0. The number of hydrogen-bond donors (Lipinski definition) is 2. The SMILES string of the molecule is c1cnc(CNCc2cn[nH]c2)cn1. The number of nitrogens with one attached hydrogen (secondary N) is 2. The molecule has 2 rings (SSSR count). The fourth-order valence-corrected chi connectivity index (χ4v) is 1.13. The summed E-state index contributed by atoms with van der Waals surface area (Å²) in [6.45, 7) is 1.51. The first-order chi connectivity index (χ1) is 6.95. The van der Waals surface area contributed by atoms with Gasteiger partial charge in [0.1, 0.15) is 0 Å². The van der Waals surface area contributed by atoms with Crippen LogP contribution in [0.25, 0.3) is 0 Å². The first-order valence-electron chi connectivity index (χ1n) is 4.38. The minimum atomic E-state index is 0.721. The highest BCUT2D eigenvalue weighted by Gasteiger charge is 1.94. The predicted molar refractivity (Wildman–Crippen MR) is 51.2 cm³/mol. The van der Waals surface area contributed by atoms with E-state index in [4.69, 9.17) is 0 Å². The van der Waals surface area contributed by atoms with Crippen LogP contribution in [-0.2, 0) is 13.1 Å². The Morgan fingerprint density at radius 3 is 2.93 bits per heavy atom. The molecule has 2 heterocycles. The van der Waals surface area contributed by atoms with Crippen LogP contribution < -0.4 is 5.32 Å².